The molecule has 1 heterocycles. The standard InChI is InChI=1S/C18H18N4O2S/c1-19-16(23)12-25-18-21-20-17(13-7-6-10-15(11-13)24-2)22(18)14-8-4-3-5-9-14/h3-11H,12H2,1-2H3,(H,19,23). The van der Waals surface area contributed by atoms with E-state index in [2.05, 4.69) is 15.5 Å². The van der Waals surface area contributed by atoms with Crippen LogP contribution in [0.15, 0.2) is 59.8 Å². The maximum absolute atomic E-state index is 11.6. The molecule has 128 valence electrons. The van der Waals surface area contributed by atoms with Crippen LogP contribution in [-0.4, -0.2) is 40.6 Å². The van der Waals surface area contributed by atoms with E-state index in [1.807, 2.05) is 59.2 Å². The van der Waals surface area contributed by atoms with Gasteiger partial charge in [0.05, 0.1) is 12.9 Å². The molecule has 0 saturated carbocycles. The zero-order valence-electron chi connectivity index (χ0n) is 14.0. The number of nitrogens with zero attached hydrogens (tertiary/aromatic N) is 3. The second kappa shape index (κ2) is 7.85. The van der Waals surface area contributed by atoms with Gasteiger partial charge < -0.3 is 10.1 Å². The van der Waals surface area contributed by atoms with Crippen molar-refractivity contribution >= 4 is 17.7 Å². The second-order valence-electron chi connectivity index (χ2n) is 5.17. The molecule has 1 aromatic heterocycles. The molecule has 0 radical (unpaired) electrons. The van der Waals surface area contributed by atoms with E-state index in [9.17, 15) is 4.79 Å². The highest BCUT2D eigenvalue weighted by atomic mass is 32.2. The fourth-order valence-electron chi connectivity index (χ4n) is 2.32. The van der Waals surface area contributed by atoms with Crippen molar-refractivity contribution in [1.29, 1.82) is 0 Å². The van der Waals surface area contributed by atoms with Gasteiger partial charge in [0.25, 0.3) is 0 Å². The lowest BCUT2D eigenvalue weighted by Gasteiger charge is -2.10. The molecule has 0 aliphatic heterocycles. The fourth-order valence-corrected chi connectivity index (χ4v) is 3.15. The van der Waals surface area contributed by atoms with Gasteiger partial charge in [-0.3, -0.25) is 9.36 Å². The molecule has 0 saturated heterocycles. The van der Waals surface area contributed by atoms with Crippen LogP contribution in [0.4, 0.5) is 0 Å². The first-order valence-electron chi connectivity index (χ1n) is 7.71. The molecular formula is C18H18N4O2S. The molecule has 7 heteroatoms. The molecule has 0 spiro atoms. The zero-order chi connectivity index (χ0) is 17.6. The van der Waals surface area contributed by atoms with Crippen LogP contribution in [0.3, 0.4) is 0 Å². The van der Waals surface area contributed by atoms with Gasteiger partial charge in [-0.1, -0.05) is 42.1 Å². The first kappa shape index (κ1) is 17.0. The summed E-state index contributed by atoms with van der Waals surface area (Å²) in [7, 11) is 3.25. The maximum Gasteiger partial charge on any atom is 0.230 e. The van der Waals surface area contributed by atoms with Gasteiger partial charge in [0.15, 0.2) is 11.0 Å². The number of carbonyl (C=O) groups is 1. The van der Waals surface area contributed by atoms with Crippen LogP contribution in [-0.2, 0) is 4.79 Å². The van der Waals surface area contributed by atoms with E-state index in [-0.39, 0.29) is 11.7 Å². The highest BCUT2D eigenvalue weighted by molar-refractivity contribution is 7.99. The number of rotatable bonds is 6. The van der Waals surface area contributed by atoms with Crippen LogP contribution in [0.1, 0.15) is 0 Å². The van der Waals surface area contributed by atoms with E-state index >= 15 is 0 Å². The summed E-state index contributed by atoms with van der Waals surface area (Å²) in [5, 5.41) is 11.9. The van der Waals surface area contributed by atoms with Crippen molar-refractivity contribution in [2.75, 3.05) is 19.9 Å². The molecule has 3 rings (SSSR count). The summed E-state index contributed by atoms with van der Waals surface area (Å²) in [6, 6.07) is 17.5. The summed E-state index contributed by atoms with van der Waals surface area (Å²) in [6.45, 7) is 0. The predicted molar refractivity (Wildman–Crippen MR) is 98.1 cm³/mol. The molecular weight excluding hydrogens is 336 g/mol. The smallest absolute Gasteiger partial charge is 0.230 e. The van der Waals surface area contributed by atoms with E-state index < -0.39 is 0 Å². The monoisotopic (exact) mass is 354 g/mol. The number of thioether (sulfide) groups is 1. The van der Waals surface area contributed by atoms with Gasteiger partial charge >= 0.3 is 0 Å². The topological polar surface area (TPSA) is 69.0 Å². The van der Waals surface area contributed by atoms with Crippen molar-refractivity contribution in [3.05, 3.63) is 54.6 Å². The van der Waals surface area contributed by atoms with Crippen LogP contribution < -0.4 is 10.1 Å². The number of amides is 1. The van der Waals surface area contributed by atoms with Crippen LogP contribution in [0.25, 0.3) is 17.1 Å². The average molecular weight is 354 g/mol. The van der Waals surface area contributed by atoms with Crippen LogP contribution >= 0.6 is 11.8 Å². The molecule has 0 unspecified atom stereocenters. The summed E-state index contributed by atoms with van der Waals surface area (Å²) in [5.41, 5.74) is 1.83. The van der Waals surface area contributed by atoms with E-state index in [1.165, 1.54) is 11.8 Å². The first-order valence-corrected chi connectivity index (χ1v) is 8.70. The third-order valence-corrected chi connectivity index (χ3v) is 4.52. The van der Waals surface area contributed by atoms with E-state index in [1.54, 1.807) is 14.2 Å². The number of aromatic nitrogens is 3. The third-order valence-electron chi connectivity index (χ3n) is 3.59. The quantitative estimate of drug-likeness (QED) is 0.690. The Kier molecular flexibility index (Phi) is 5.35. The molecule has 3 aromatic rings. The Morgan fingerprint density at radius 1 is 1.16 bits per heavy atom. The summed E-state index contributed by atoms with van der Waals surface area (Å²) < 4.78 is 7.25. The Balaban J connectivity index is 2.06. The van der Waals surface area contributed by atoms with Crippen molar-refractivity contribution in [2.45, 2.75) is 5.16 Å². The molecule has 0 atom stereocenters. The lowest BCUT2D eigenvalue weighted by molar-refractivity contribution is -0.118. The largest absolute Gasteiger partial charge is 0.497 e. The number of benzene rings is 2. The Labute approximate surface area is 150 Å². The number of nitrogens with one attached hydrogen (secondary N) is 1. The van der Waals surface area contributed by atoms with Crippen LogP contribution in [0.5, 0.6) is 5.75 Å². The van der Waals surface area contributed by atoms with Gasteiger partial charge in [-0.2, -0.15) is 0 Å². The fraction of sp³-hybridized carbons (Fsp3) is 0.167. The van der Waals surface area contributed by atoms with Gasteiger partial charge in [0.2, 0.25) is 5.91 Å². The minimum absolute atomic E-state index is 0.0597. The Morgan fingerprint density at radius 2 is 1.96 bits per heavy atom. The molecule has 25 heavy (non-hydrogen) atoms. The lowest BCUT2D eigenvalue weighted by Crippen LogP contribution is -2.20. The highest BCUT2D eigenvalue weighted by Crippen LogP contribution is 2.29. The van der Waals surface area contributed by atoms with Crippen molar-refractivity contribution in [3.8, 4) is 22.8 Å². The molecule has 0 aliphatic rings. The van der Waals surface area contributed by atoms with Gasteiger partial charge in [-0.15, -0.1) is 10.2 Å². The molecule has 0 aliphatic carbocycles. The number of hydrogen-bond donors (Lipinski definition) is 1. The Hall–Kier alpha value is -2.80. The molecule has 0 fully saturated rings. The van der Waals surface area contributed by atoms with Crippen molar-refractivity contribution < 1.29 is 9.53 Å². The zero-order valence-corrected chi connectivity index (χ0v) is 14.8. The molecule has 0 bridgehead atoms. The Bertz CT molecular complexity index is 865. The summed E-state index contributed by atoms with van der Waals surface area (Å²) >= 11 is 1.35. The first-order chi connectivity index (χ1) is 12.2. The molecule has 6 nitrogen and oxygen atoms in total. The van der Waals surface area contributed by atoms with Gasteiger partial charge in [0.1, 0.15) is 5.75 Å². The minimum atomic E-state index is -0.0597. The minimum Gasteiger partial charge on any atom is -0.497 e. The molecule has 1 N–H and O–H groups in total. The number of methoxy groups -OCH3 is 1. The molecule has 2 aromatic carbocycles. The SMILES string of the molecule is CNC(=O)CSc1nnc(-c2cccc(OC)c2)n1-c1ccccc1. The van der Waals surface area contributed by atoms with E-state index in [4.69, 9.17) is 4.74 Å². The number of para-hydroxylation sites is 1. The number of hydrogen-bond acceptors (Lipinski definition) is 5. The summed E-state index contributed by atoms with van der Waals surface area (Å²) in [4.78, 5) is 11.6. The van der Waals surface area contributed by atoms with Crippen molar-refractivity contribution in [2.24, 2.45) is 0 Å². The average Bonchev–Trinajstić information content (AvgIpc) is 3.10. The molecule has 1 amide bonds. The van der Waals surface area contributed by atoms with Gasteiger partial charge in [-0.05, 0) is 24.3 Å². The second-order valence-corrected chi connectivity index (χ2v) is 6.11. The third kappa shape index (κ3) is 3.83. The maximum atomic E-state index is 11.6. The van der Waals surface area contributed by atoms with Crippen LogP contribution in [0, 0.1) is 0 Å². The number of ether oxygens (including phenoxy) is 1. The van der Waals surface area contributed by atoms with Crippen molar-refractivity contribution in [3.63, 3.8) is 0 Å². The predicted octanol–water partition coefficient (Wildman–Crippen LogP) is 2.78. The summed E-state index contributed by atoms with van der Waals surface area (Å²) in [5.74, 6) is 1.67. The van der Waals surface area contributed by atoms with E-state index in [0.29, 0.717) is 11.0 Å². The normalized spacial score (nSPS) is 10.5. The lowest BCUT2D eigenvalue weighted by atomic mass is 10.2. The number of carbonyl (C=O) groups excluding carboxylic acids is 1. The van der Waals surface area contributed by atoms with Crippen LogP contribution in [0.2, 0.25) is 0 Å². The van der Waals surface area contributed by atoms with Crippen molar-refractivity contribution in [1.82, 2.24) is 20.1 Å². The van der Waals surface area contributed by atoms with Gasteiger partial charge in [0, 0.05) is 18.3 Å². The van der Waals surface area contributed by atoms with Gasteiger partial charge in [-0.25, -0.2) is 0 Å². The highest BCUT2D eigenvalue weighted by Gasteiger charge is 2.17. The van der Waals surface area contributed by atoms with E-state index in [0.717, 1.165) is 17.0 Å². The summed E-state index contributed by atoms with van der Waals surface area (Å²) in [6.07, 6.45) is 0. The Morgan fingerprint density at radius 3 is 2.68 bits per heavy atom.